The molecule has 0 saturated heterocycles. The van der Waals surface area contributed by atoms with Crippen LogP contribution in [0.15, 0.2) is 16.7 Å². The fourth-order valence-electron chi connectivity index (χ4n) is 1.86. The van der Waals surface area contributed by atoms with Crippen molar-refractivity contribution in [2.24, 2.45) is 0 Å². The summed E-state index contributed by atoms with van der Waals surface area (Å²) < 4.78 is 10.0. The molecule has 0 unspecified atom stereocenters. The van der Waals surface area contributed by atoms with Crippen LogP contribution in [0.1, 0.15) is 35.9 Å². The van der Waals surface area contributed by atoms with Gasteiger partial charge in [0.2, 0.25) is 0 Å². The van der Waals surface area contributed by atoms with Crippen molar-refractivity contribution in [1.29, 1.82) is 0 Å². The average molecular weight is 251 g/mol. The van der Waals surface area contributed by atoms with Gasteiger partial charge in [0.05, 0.1) is 18.4 Å². The SMILES string of the molecule is CCOC(=O)CN(C(=O)c1ccoc1C)C1CC1. The third-order valence-corrected chi connectivity index (χ3v) is 2.94. The van der Waals surface area contributed by atoms with Crippen molar-refractivity contribution in [2.45, 2.75) is 32.7 Å². The number of esters is 1. The molecule has 98 valence electrons. The van der Waals surface area contributed by atoms with E-state index in [4.69, 9.17) is 9.15 Å². The highest BCUT2D eigenvalue weighted by atomic mass is 16.5. The van der Waals surface area contributed by atoms with Crippen LogP contribution in [0.2, 0.25) is 0 Å². The molecule has 1 saturated carbocycles. The summed E-state index contributed by atoms with van der Waals surface area (Å²) >= 11 is 0. The first kappa shape index (κ1) is 12.7. The van der Waals surface area contributed by atoms with Gasteiger partial charge in [0.1, 0.15) is 12.3 Å². The lowest BCUT2D eigenvalue weighted by molar-refractivity contribution is -0.144. The highest BCUT2D eigenvalue weighted by Crippen LogP contribution is 2.28. The van der Waals surface area contributed by atoms with Crippen molar-refractivity contribution in [3.05, 3.63) is 23.7 Å². The predicted molar refractivity (Wildman–Crippen MR) is 64.1 cm³/mol. The number of furan rings is 1. The Kier molecular flexibility index (Phi) is 3.69. The Bertz CT molecular complexity index is 448. The molecule has 1 aromatic rings. The summed E-state index contributed by atoms with van der Waals surface area (Å²) in [5.41, 5.74) is 0.520. The molecule has 1 aromatic heterocycles. The molecule has 5 nitrogen and oxygen atoms in total. The van der Waals surface area contributed by atoms with Crippen molar-refractivity contribution in [1.82, 2.24) is 4.90 Å². The van der Waals surface area contributed by atoms with Gasteiger partial charge in [0, 0.05) is 6.04 Å². The molecule has 0 atom stereocenters. The highest BCUT2D eigenvalue weighted by Gasteiger charge is 2.35. The van der Waals surface area contributed by atoms with Gasteiger partial charge in [-0.1, -0.05) is 0 Å². The van der Waals surface area contributed by atoms with Crippen molar-refractivity contribution in [3.63, 3.8) is 0 Å². The van der Waals surface area contributed by atoms with Gasteiger partial charge in [-0.15, -0.1) is 0 Å². The Labute approximate surface area is 106 Å². The molecule has 0 N–H and O–H groups in total. The molecule has 2 rings (SSSR count). The number of amides is 1. The van der Waals surface area contributed by atoms with Crippen LogP contribution in [-0.4, -0.2) is 36.0 Å². The molecule has 5 heteroatoms. The first-order valence-electron chi connectivity index (χ1n) is 6.14. The topological polar surface area (TPSA) is 59.8 Å². The number of ether oxygens (including phenoxy) is 1. The van der Waals surface area contributed by atoms with Gasteiger partial charge in [-0.05, 0) is 32.8 Å². The van der Waals surface area contributed by atoms with Crippen LogP contribution in [0.25, 0.3) is 0 Å². The van der Waals surface area contributed by atoms with Crippen molar-refractivity contribution in [3.8, 4) is 0 Å². The van der Waals surface area contributed by atoms with Gasteiger partial charge in [-0.25, -0.2) is 0 Å². The van der Waals surface area contributed by atoms with E-state index < -0.39 is 0 Å². The number of carbonyl (C=O) groups excluding carboxylic acids is 2. The fourth-order valence-corrected chi connectivity index (χ4v) is 1.86. The van der Waals surface area contributed by atoms with Crippen LogP contribution in [0.5, 0.6) is 0 Å². The van der Waals surface area contributed by atoms with Gasteiger partial charge in [-0.3, -0.25) is 9.59 Å². The molecule has 1 amide bonds. The molecule has 0 aliphatic heterocycles. The first-order chi connectivity index (χ1) is 8.63. The molecule has 1 fully saturated rings. The van der Waals surface area contributed by atoms with Crippen LogP contribution in [0, 0.1) is 6.92 Å². The number of hydrogen-bond donors (Lipinski definition) is 0. The van der Waals surface area contributed by atoms with E-state index in [0.717, 1.165) is 12.8 Å². The number of hydrogen-bond acceptors (Lipinski definition) is 4. The molecule has 0 aromatic carbocycles. The highest BCUT2D eigenvalue weighted by molar-refractivity contribution is 5.97. The molecule has 0 bridgehead atoms. The van der Waals surface area contributed by atoms with Gasteiger partial charge >= 0.3 is 5.97 Å². The number of rotatable bonds is 5. The molecule has 1 aliphatic carbocycles. The van der Waals surface area contributed by atoms with E-state index in [1.807, 2.05) is 0 Å². The molecular weight excluding hydrogens is 234 g/mol. The van der Waals surface area contributed by atoms with Gasteiger partial charge in [-0.2, -0.15) is 0 Å². The van der Waals surface area contributed by atoms with E-state index >= 15 is 0 Å². The maximum Gasteiger partial charge on any atom is 0.325 e. The van der Waals surface area contributed by atoms with Crippen molar-refractivity contribution in [2.75, 3.05) is 13.2 Å². The smallest absolute Gasteiger partial charge is 0.325 e. The summed E-state index contributed by atoms with van der Waals surface area (Å²) in [4.78, 5) is 25.4. The predicted octanol–water partition coefficient (Wildman–Crippen LogP) is 1.76. The van der Waals surface area contributed by atoms with E-state index in [1.165, 1.54) is 6.26 Å². The van der Waals surface area contributed by atoms with E-state index in [1.54, 1.807) is 24.8 Å². The normalized spacial score (nSPS) is 14.3. The van der Waals surface area contributed by atoms with Crippen LogP contribution < -0.4 is 0 Å². The average Bonchev–Trinajstić information content (AvgIpc) is 3.08. The minimum absolute atomic E-state index is 0.0158. The van der Waals surface area contributed by atoms with Crippen LogP contribution >= 0.6 is 0 Å². The zero-order chi connectivity index (χ0) is 13.1. The standard InChI is InChI=1S/C13H17NO4/c1-3-17-12(15)8-14(10-4-5-10)13(16)11-6-7-18-9(11)2/h6-7,10H,3-5,8H2,1-2H3. The van der Waals surface area contributed by atoms with Gasteiger partial charge in [0.15, 0.2) is 0 Å². The minimum atomic E-state index is -0.362. The molecular formula is C13H17NO4. The lowest BCUT2D eigenvalue weighted by atomic mass is 10.2. The summed E-state index contributed by atoms with van der Waals surface area (Å²) in [6, 6.07) is 1.80. The molecule has 0 radical (unpaired) electrons. The van der Waals surface area contributed by atoms with Crippen molar-refractivity contribution < 1.29 is 18.7 Å². The Morgan fingerprint density at radius 2 is 2.22 bits per heavy atom. The van der Waals surface area contributed by atoms with E-state index in [9.17, 15) is 9.59 Å². The quantitative estimate of drug-likeness (QED) is 0.748. The van der Waals surface area contributed by atoms with Crippen LogP contribution in [0.4, 0.5) is 0 Å². The zero-order valence-corrected chi connectivity index (χ0v) is 10.6. The molecule has 0 spiro atoms. The van der Waals surface area contributed by atoms with E-state index in [0.29, 0.717) is 17.9 Å². The molecule has 1 heterocycles. The Balaban J connectivity index is 2.08. The molecule has 1 aliphatic rings. The minimum Gasteiger partial charge on any atom is -0.469 e. The summed E-state index contributed by atoms with van der Waals surface area (Å²) in [5.74, 6) is 0.0604. The molecule has 18 heavy (non-hydrogen) atoms. The van der Waals surface area contributed by atoms with Crippen molar-refractivity contribution >= 4 is 11.9 Å². The maximum atomic E-state index is 12.3. The number of aryl methyl sites for hydroxylation is 1. The van der Waals surface area contributed by atoms with Gasteiger partial charge in [0.25, 0.3) is 5.91 Å². The lowest BCUT2D eigenvalue weighted by Gasteiger charge is -2.20. The third-order valence-electron chi connectivity index (χ3n) is 2.94. The maximum absolute atomic E-state index is 12.3. The van der Waals surface area contributed by atoms with Crippen LogP contribution in [0.3, 0.4) is 0 Å². The summed E-state index contributed by atoms with van der Waals surface area (Å²) in [5, 5.41) is 0. The monoisotopic (exact) mass is 251 g/mol. The van der Waals surface area contributed by atoms with E-state index in [-0.39, 0.29) is 24.5 Å². The second-order valence-corrected chi connectivity index (χ2v) is 4.36. The second-order valence-electron chi connectivity index (χ2n) is 4.36. The fraction of sp³-hybridized carbons (Fsp3) is 0.538. The van der Waals surface area contributed by atoms with Crippen LogP contribution in [-0.2, 0) is 9.53 Å². The largest absolute Gasteiger partial charge is 0.469 e. The second kappa shape index (κ2) is 5.25. The van der Waals surface area contributed by atoms with E-state index in [2.05, 4.69) is 0 Å². The Morgan fingerprint density at radius 3 is 2.72 bits per heavy atom. The third kappa shape index (κ3) is 2.72. The summed E-state index contributed by atoms with van der Waals surface area (Å²) in [6.07, 6.45) is 3.38. The lowest BCUT2D eigenvalue weighted by Crippen LogP contribution is -2.38. The summed E-state index contributed by atoms with van der Waals surface area (Å²) in [6.45, 7) is 3.84. The van der Waals surface area contributed by atoms with Gasteiger partial charge < -0.3 is 14.1 Å². The number of carbonyl (C=O) groups is 2. The zero-order valence-electron chi connectivity index (χ0n) is 10.6. The first-order valence-corrected chi connectivity index (χ1v) is 6.14. The summed E-state index contributed by atoms with van der Waals surface area (Å²) in [7, 11) is 0. The Morgan fingerprint density at radius 1 is 1.50 bits per heavy atom. The number of nitrogens with zero attached hydrogens (tertiary/aromatic N) is 1. The Hall–Kier alpha value is -1.78.